The predicted octanol–water partition coefficient (Wildman–Crippen LogP) is 4.82. The topological polar surface area (TPSA) is 6.48 Å². The molecule has 7 heteroatoms. The molecule has 0 aromatic heterocycles. The van der Waals surface area contributed by atoms with Gasteiger partial charge in [0.15, 0.2) is 0 Å². The average Bonchev–Trinajstić information content (AvgIpc) is 2.52. The normalized spacial score (nSPS) is 36.5. The molecule has 1 aliphatic heterocycles. The van der Waals surface area contributed by atoms with Gasteiger partial charge >= 0.3 is 6.18 Å². The molecule has 3 rings (SSSR count). The lowest BCUT2D eigenvalue weighted by Gasteiger charge is -2.54. The summed E-state index contributed by atoms with van der Waals surface area (Å²) < 4.78 is 39.9. The fourth-order valence-electron chi connectivity index (χ4n) is 4.91. The minimum Gasteiger partial charge on any atom is -0.309 e. The number of thioether (sulfide) groups is 1. The van der Waals surface area contributed by atoms with E-state index in [0.717, 1.165) is 25.9 Å². The number of halogens is 4. The summed E-state index contributed by atoms with van der Waals surface area (Å²) in [7, 11) is 4.14. The molecule has 0 N–H and O–H groups in total. The van der Waals surface area contributed by atoms with Crippen LogP contribution in [-0.4, -0.2) is 65.7 Å². The molecule has 3 aliphatic rings. The highest BCUT2D eigenvalue weighted by molar-refractivity contribution is 8.00. The Hall–Kier alpha value is 0.350. The van der Waals surface area contributed by atoms with Crippen molar-refractivity contribution >= 4 is 24.2 Å². The van der Waals surface area contributed by atoms with Gasteiger partial charge in [0.1, 0.15) is 0 Å². The summed E-state index contributed by atoms with van der Waals surface area (Å²) in [5.74, 6) is -1.09. The zero-order valence-electron chi connectivity index (χ0n) is 15.3. The fraction of sp³-hybridized carbons (Fsp3) is 1.00. The SMILES string of the molecule is CN(C)CCCN1C2CCCCC2SC2CCC(C(F)(F)F)CC21.Cl. The number of alkyl halides is 3. The highest BCUT2D eigenvalue weighted by Crippen LogP contribution is 2.49. The Morgan fingerprint density at radius 1 is 1.00 bits per heavy atom. The van der Waals surface area contributed by atoms with Crippen molar-refractivity contribution < 1.29 is 13.2 Å². The average molecular weight is 401 g/mol. The maximum absolute atomic E-state index is 13.3. The Labute approximate surface area is 160 Å². The van der Waals surface area contributed by atoms with Gasteiger partial charge < -0.3 is 4.90 Å². The van der Waals surface area contributed by atoms with Crippen LogP contribution in [0.4, 0.5) is 13.2 Å². The van der Waals surface area contributed by atoms with Crippen LogP contribution < -0.4 is 0 Å². The van der Waals surface area contributed by atoms with Gasteiger partial charge in [-0.2, -0.15) is 24.9 Å². The highest BCUT2D eigenvalue weighted by Gasteiger charge is 2.51. The van der Waals surface area contributed by atoms with Crippen molar-refractivity contribution in [3.8, 4) is 0 Å². The first-order chi connectivity index (χ1) is 11.4. The molecule has 2 saturated carbocycles. The predicted molar refractivity (Wildman–Crippen MR) is 102 cm³/mol. The summed E-state index contributed by atoms with van der Waals surface area (Å²) >= 11 is 2.04. The van der Waals surface area contributed by atoms with E-state index in [4.69, 9.17) is 0 Å². The van der Waals surface area contributed by atoms with Crippen molar-refractivity contribution in [3.63, 3.8) is 0 Å². The Balaban J connectivity index is 0.00000225. The van der Waals surface area contributed by atoms with Crippen LogP contribution in [0.15, 0.2) is 0 Å². The van der Waals surface area contributed by atoms with Crippen LogP contribution >= 0.6 is 24.2 Å². The molecular weight excluding hydrogens is 369 g/mol. The number of hydrogen-bond acceptors (Lipinski definition) is 3. The molecule has 0 bridgehead atoms. The van der Waals surface area contributed by atoms with Gasteiger partial charge in [0, 0.05) is 29.1 Å². The first-order valence-corrected chi connectivity index (χ1v) is 10.4. The maximum Gasteiger partial charge on any atom is 0.391 e. The zero-order chi connectivity index (χ0) is 17.3. The molecule has 2 aliphatic carbocycles. The number of nitrogens with zero attached hydrogens (tertiary/aromatic N) is 2. The van der Waals surface area contributed by atoms with Gasteiger partial charge in [-0.1, -0.05) is 12.8 Å². The van der Waals surface area contributed by atoms with Crippen LogP contribution in [0.5, 0.6) is 0 Å². The van der Waals surface area contributed by atoms with Gasteiger partial charge in [-0.25, -0.2) is 0 Å². The molecule has 148 valence electrons. The highest BCUT2D eigenvalue weighted by atomic mass is 35.5. The second-order valence-corrected chi connectivity index (χ2v) is 9.56. The molecule has 5 atom stereocenters. The quantitative estimate of drug-likeness (QED) is 0.668. The Bertz CT molecular complexity index is 422. The van der Waals surface area contributed by atoms with E-state index in [1.165, 1.54) is 25.7 Å². The van der Waals surface area contributed by atoms with E-state index in [0.29, 0.717) is 29.4 Å². The Kier molecular flexibility index (Phi) is 7.82. The van der Waals surface area contributed by atoms with E-state index in [2.05, 4.69) is 23.9 Å². The minimum atomic E-state index is -4.02. The molecule has 2 nitrogen and oxygen atoms in total. The van der Waals surface area contributed by atoms with E-state index < -0.39 is 12.1 Å². The first kappa shape index (κ1) is 21.6. The summed E-state index contributed by atoms with van der Waals surface area (Å²) in [6.07, 6.45) is 3.41. The van der Waals surface area contributed by atoms with Crippen LogP contribution in [0.2, 0.25) is 0 Å². The summed E-state index contributed by atoms with van der Waals surface area (Å²) in [5.41, 5.74) is 0. The van der Waals surface area contributed by atoms with Crippen molar-refractivity contribution in [2.24, 2.45) is 5.92 Å². The van der Waals surface area contributed by atoms with Crippen molar-refractivity contribution in [3.05, 3.63) is 0 Å². The molecule has 1 heterocycles. The summed E-state index contributed by atoms with van der Waals surface area (Å²) in [4.78, 5) is 4.69. The van der Waals surface area contributed by atoms with Crippen molar-refractivity contribution in [1.82, 2.24) is 9.80 Å². The summed E-state index contributed by atoms with van der Waals surface area (Å²) in [6, 6.07) is 0.649. The molecule has 0 aromatic rings. The van der Waals surface area contributed by atoms with Crippen molar-refractivity contribution in [2.45, 2.75) is 80.1 Å². The molecule has 5 unspecified atom stereocenters. The second-order valence-electron chi connectivity index (χ2n) is 8.08. The Morgan fingerprint density at radius 3 is 2.36 bits per heavy atom. The molecule has 3 fully saturated rings. The van der Waals surface area contributed by atoms with Gasteiger partial charge in [0.25, 0.3) is 0 Å². The number of rotatable bonds is 4. The maximum atomic E-state index is 13.3. The molecule has 25 heavy (non-hydrogen) atoms. The van der Waals surface area contributed by atoms with E-state index in [1.807, 2.05) is 11.8 Å². The second kappa shape index (κ2) is 9.03. The molecule has 0 radical (unpaired) electrons. The first-order valence-electron chi connectivity index (χ1n) is 9.49. The van der Waals surface area contributed by atoms with E-state index in [-0.39, 0.29) is 18.4 Å². The minimum absolute atomic E-state index is 0. The third kappa shape index (κ3) is 5.20. The van der Waals surface area contributed by atoms with E-state index in [1.54, 1.807) is 0 Å². The van der Waals surface area contributed by atoms with Crippen LogP contribution in [0.1, 0.15) is 51.4 Å². The third-order valence-electron chi connectivity index (χ3n) is 6.11. The van der Waals surface area contributed by atoms with Crippen LogP contribution in [0.3, 0.4) is 0 Å². The smallest absolute Gasteiger partial charge is 0.309 e. The third-order valence-corrected chi connectivity index (χ3v) is 7.91. The van der Waals surface area contributed by atoms with Gasteiger partial charge in [-0.15, -0.1) is 12.4 Å². The van der Waals surface area contributed by atoms with Crippen LogP contribution in [0.25, 0.3) is 0 Å². The monoisotopic (exact) mass is 400 g/mol. The number of hydrogen-bond donors (Lipinski definition) is 0. The van der Waals surface area contributed by atoms with E-state index in [9.17, 15) is 13.2 Å². The molecular formula is C18H32ClF3N2S. The van der Waals surface area contributed by atoms with E-state index >= 15 is 0 Å². The van der Waals surface area contributed by atoms with Crippen LogP contribution in [-0.2, 0) is 0 Å². The van der Waals surface area contributed by atoms with Gasteiger partial charge in [-0.3, -0.25) is 4.90 Å². The van der Waals surface area contributed by atoms with Crippen LogP contribution in [0, 0.1) is 5.92 Å². The van der Waals surface area contributed by atoms with Crippen molar-refractivity contribution in [1.29, 1.82) is 0 Å². The fourth-order valence-corrected chi connectivity index (χ4v) is 6.86. The van der Waals surface area contributed by atoms with Gasteiger partial charge in [-0.05, 0) is 59.2 Å². The lowest BCUT2D eigenvalue weighted by Crippen LogP contribution is -2.60. The molecule has 0 aromatic carbocycles. The lowest BCUT2D eigenvalue weighted by molar-refractivity contribution is -0.187. The van der Waals surface area contributed by atoms with Gasteiger partial charge in [0.2, 0.25) is 0 Å². The molecule has 0 spiro atoms. The summed E-state index contributed by atoms with van der Waals surface area (Å²) in [6.45, 7) is 1.98. The standard InChI is InChI=1S/C18H31F3N2S.ClH/c1-22(2)10-5-11-23-14-6-3-4-7-16(14)24-17-9-8-13(12-15(17)23)18(19,20)21;/h13-17H,3-12H2,1-2H3;1H. The van der Waals surface area contributed by atoms with Crippen molar-refractivity contribution in [2.75, 3.05) is 27.2 Å². The lowest BCUT2D eigenvalue weighted by atomic mass is 9.81. The summed E-state index contributed by atoms with van der Waals surface area (Å²) in [5, 5.41) is 1.07. The zero-order valence-corrected chi connectivity index (χ0v) is 16.9. The largest absolute Gasteiger partial charge is 0.391 e. The molecule has 0 amide bonds. The Morgan fingerprint density at radius 2 is 1.68 bits per heavy atom. The van der Waals surface area contributed by atoms with Gasteiger partial charge in [0.05, 0.1) is 5.92 Å². The number of fused-ring (bicyclic) bond motifs is 2. The molecule has 1 saturated heterocycles.